The molecule has 0 aromatic carbocycles. The van der Waals surface area contributed by atoms with Crippen LogP contribution in [0.25, 0.3) is 0 Å². The van der Waals surface area contributed by atoms with Crippen molar-refractivity contribution in [2.45, 2.75) is 37.4 Å². The Bertz CT molecular complexity index is 1500. The molecule has 0 spiro atoms. The van der Waals surface area contributed by atoms with E-state index in [0.29, 0.717) is 12.0 Å². The van der Waals surface area contributed by atoms with Gasteiger partial charge in [0.1, 0.15) is 0 Å². The van der Waals surface area contributed by atoms with E-state index in [1.807, 2.05) is 18.3 Å². The van der Waals surface area contributed by atoms with Gasteiger partial charge in [0.25, 0.3) is 0 Å². The van der Waals surface area contributed by atoms with Gasteiger partial charge in [0.05, 0.1) is 31.0 Å². The van der Waals surface area contributed by atoms with Crippen LogP contribution in [0.15, 0.2) is 73.6 Å². The van der Waals surface area contributed by atoms with E-state index in [4.69, 9.17) is 9.84 Å². The molecule has 3 aliphatic rings. The first-order valence-corrected chi connectivity index (χ1v) is 15.4. The topological polar surface area (TPSA) is 166 Å². The van der Waals surface area contributed by atoms with Gasteiger partial charge in [-0.1, -0.05) is 18.2 Å². The number of hydrogen-bond acceptors (Lipinski definition) is 10. The Morgan fingerprint density at radius 3 is 1.64 bits per heavy atom. The number of hydrogen-bond donors (Lipinski definition) is 2. The van der Waals surface area contributed by atoms with Gasteiger partial charge < -0.3 is 24.7 Å². The zero-order valence-electron chi connectivity index (χ0n) is 27.0. The van der Waals surface area contributed by atoms with Crippen molar-refractivity contribution in [1.29, 1.82) is 0 Å². The number of carboxylic acids is 1. The second-order valence-electron chi connectivity index (χ2n) is 11.9. The Hall–Kier alpha value is -4.75. The van der Waals surface area contributed by atoms with Crippen LogP contribution < -0.4 is 0 Å². The van der Waals surface area contributed by atoms with Crippen molar-refractivity contribution in [3.05, 3.63) is 90.3 Å². The molecule has 0 radical (unpaired) electrons. The van der Waals surface area contributed by atoms with Crippen LogP contribution in [0.1, 0.15) is 54.1 Å². The summed E-state index contributed by atoms with van der Waals surface area (Å²) in [6, 6.07) is 10.9. The summed E-state index contributed by atoms with van der Waals surface area (Å²) in [4.78, 5) is 63.4. The molecule has 6 atom stereocenters. The average molecular weight is 647 g/mol. The van der Waals surface area contributed by atoms with Crippen LogP contribution in [0, 0.1) is 17.8 Å². The highest BCUT2D eigenvalue weighted by Crippen LogP contribution is 2.38. The molecule has 0 aliphatic carbocycles. The first kappa shape index (κ1) is 35.1. The molecule has 47 heavy (non-hydrogen) atoms. The molecular formula is C34H42N6O7. The molecule has 3 aromatic heterocycles. The van der Waals surface area contributed by atoms with Crippen LogP contribution in [0.3, 0.4) is 0 Å². The predicted molar refractivity (Wildman–Crippen MR) is 170 cm³/mol. The second kappa shape index (κ2) is 16.2. The molecule has 2 N–H and O–H groups in total. The molecule has 13 heteroatoms. The van der Waals surface area contributed by atoms with E-state index in [0.717, 1.165) is 24.1 Å². The van der Waals surface area contributed by atoms with Gasteiger partial charge in [0, 0.05) is 82.7 Å². The van der Waals surface area contributed by atoms with Crippen molar-refractivity contribution in [2.75, 3.05) is 41.4 Å². The number of aliphatic hydroxyl groups excluding tert-OH is 1. The van der Waals surface area contributed by atoms with E-state index < -0.39 is 23.8 Å². The summed E-state index contributed by atoms with van der Waals surface area (Å²) in [7, 11) is 6.77. The maximum atomic E-state index is 11.7. The number of ether oxygens (including phenoxy) is 1. The van der Waals surface area contributed by atoms with Crippen molar-refractivity contribution in [2.24, 2.45) is 17.8 Å². The Morgan fingerprint density at radius 1 is 0.787 bits per heavy atom. The Morgan fingerprint density at radius 2 is 1.23 bits per heavy atom. The van der Waals surface area contributed by atoms with Crippen LogP contribution in [-0.2, 0) is 23.9 Å². The second-order valence-corrected chi connectivity index (χ2v) is 11.9. The Kier molecular flexibility index (Phi) is 12.1. The van der Waals surface area contributed by atoms with E-state index in [1.54, 1.807) is 68.2 Å². The van der Waals surface area contributed by atoms with Crippen molar-refractivity contribution in [3.8, 4) is 0 Å². The molecule has 3 fully saturated rings. The monoisotopic (exact) mass is 646 g/mol. The fourth-order valence-corrected chi connectivity index (χ4v) is 6.63. The summed E-state index contributed by atoms with van der Waals surface area (Å²) < 4.78 is 4.74. The predicted octanol–water partition coefficient (Wildman–Crippen LogP) is 2.53. The average Bonchev–Trinajstić information content (AvgIpc) is 3.73. The molecule has 3 aromatic rings. The SMILES string of the molecule is CN1C(=O)C[C@H](C(=O)O)C1c1cccnc1.CN1CC[C@H](CO)C1c1cccnc1.COC(=O)[C@H]1CC(=O)N(C)C1c1cccnc1. The minimum atomic E-state index is -0.938. The van der Waals surface area contributed by atoms with Gasteiger partial charge in [0.2, 0.25) is 11.8 Å². The molecule has 0 saturated carbocycles. The number of carbonyl (C=O) groups excluding carboxylic acids is 3. The van der Waals surface area contributed by atoms with E-state index in [1.165, 1.54) is 17.6 Å². The van der Waals surface area contributed by atoms with E-state index in [2.05, 4.69) is 33.0 Å². The number of pyridine rings is 3. The zero-order valence-corrected chi connectivity index (χ0v) is 27.0. The summed E-state index contributed by atoms with van der Waals surface area (Å²) in [6.07, 6.45) is 11.6. The third-order valence-electron chi connectivity index (χ3n) is 9.08. The lowest BCUT2D eigenvalue weighted by atomic mass is 9.95. The number of carbonyl (C=O) groups is 4. The van der Waals surface area contributed by atoms with Crippen LogP contribution in [-0.4, -0.2) is 105 Å². The molecule has 250 valence electrons. The summed E-state index contributed by atoms with van der Waals surface area (Å²) in [5.74, 6) is -2.23. The van der Waals surface area contributed by atoms with Gasteiger partial charge in [-0.25, -0.2) is 0 Å². The van der Waals surface area contributed by atoms with Gasteiger partial charge in [-0.3, -0.25) is 39.0 Å². The number of aromatic nitrogens is 3. The van der Waals surface area contributed by atoms with E-state index >= 15 is 0 Å². The Balaban J connectivity index is 0.000000160. The number of rotatable bonds is 6. The highest BCUT2D eigenvalue weighted by molar-refractivity contribution is 5.88. The quantitative estimate of drug-likeness (QED) is 0.378. The van der Waals surface area contributed by atoms with Crippen molar-refractivity contribution in [1.82, 2.24) is 29.7 Å². The summed E-state index contributed by atoms with van der Waals surface area (Å²) in [6.45, 7) is 1.33. The maximum Gasteiger partial charge on any atom is 0.311 e. The minimum Gasteiger partial charge on any atom is -0.481 e. The van der Waals surface area contributed by atoms with Gasteiger partial charge >= 0.3 is 11.9 Å². The van der Waals surface area contributed by atoms with Gasteiger partial charge in [-0.15, -0.1) is 0 Å². The third kappa shape index (κ3) is 8.16. The zero-order chi connectivity index (χ0) is 34.1. The lowest BCUT2D eigenvalue weighted by Gasteiger charge is -2.23. The largest absolute Gasteiger partial charge is 0.481 e. The third-order valence-corrected chi connectivity index (χ3v) is 9.08. The number of esters is 1. The number of methoxy groups -OCH3 is 1. The standard InChI is InChI=1S/C12H14N2O3.C11H12N2O3.C11H16N2O/c1-14-10(15)6-9(12(16)17-2)11(14)8-4-3-5-13-7-8;1-13-9(14)5-8(11(15)16)10(13)7-3-2-4-12-6-7;1-13-6-4-10(8-14)11(13)9-3-2-5-12-7-9/h3-5,7,9,11H,6H2,1-2H3;2-4,6,8,10H,5H2,1H3,(H,15,16);2-3,5,7,10-11,14H,4,6,8H2,1H3/t9-,11?;8-,10?;10-,11?/m001/s1. The smallest absolute Gasteiger partial charge is 0.311 e. The van der Waals surface area contributed by atoms with E-state index in [9.17, 15) is 24.3 Å². The summed E-state index contributed by atoms with van der Waals surface area (Å²) in [5, 5.41) is 18.3. The van der Waals surface area contributed by atoms with Crippen molar-refractivity contribution >= 4 is 23.8 Å². The highest BCUT2D eigenvalue weighted by atomic mass is 16.5. The number of amides is 2. The normalized spacial score (nSPS) is 25.5. The molecular weight excluding hydrogens is 604 g/mol. The fourth-order valence-electron chi connectivity index (χ4n) is 6.63. The molecule has 0 bridgehead atoms. The molecule has 3 unspecified atom stereocenters. The lowest BCUT2D eigenvalue weighted by Crippen LogP contribution is -2.27. The molecule has 3 aliphatic heterocycles. The van der Waals surface area contributed by atoms with Gasteiger partial charge in [-0.2, -0.15) is 0 Å². The number of aliphatic hydroxyl groups is 1. The number of likely N-dealkylation sites (tertiary alicyclic amines) is 3. The number of carboxylic acid groups (broad SMARTS) is 1. The van der Waals surface area contributed by atoms with Gasteiger partial charge in [0.15, 0.2) is 0 Å². The summed E-state index contributed by atoms with van der Waals surface area (Å²) in [5.41, 5.74) is 2.84. The molecule has 6 rings (SSSR count). The molecule has 2 amide bonds. The van der Waals surface area contributed by atoms with Crippen LogP contribution in [0.2, 0.25) is 0 Å². The van der Waals surface area contributed by atoms with Crippen LogP contribution in [0.5, 0.6) is 0 Å². The van der Waals surface area contributed by atoms with E-state index in [-0.39, 0.29) is 43.3 Å². The van der Waals surface area contributed by atoms with Crippen LogP contribution >= 0.6 is 0 Å². The minimum absolute atomic E-state index is 0.0470. The van der Waals surface area contributed by atoms with Crippen molar-refractivity contribution < 1.29 is 34.1 Å². The maximum absolute atomic E-state index is 11.7. The molecule has 13 nitrogen and oxygen atoms in total. The molecule has 3 saturated heterocycles. The highest BCUT2D eigenvalue weighted by Gasteiger charge is 2.44. The first-order valence-electron chi connectivity index (χ1n) is 15.4. The van der Waals surface area contributed by atoms with Gasteiger partial charge in [-0.05, 0) is 54.9 Å². The number of aliphatic carboxylic acids is 1. The Labute approximate surface area is 274 Å². The van der Waals surface area contributed by atoms with Crippen molar-refractivity contribution in [3.63, 3.8) is 0 Å². The molecule has 6 heterocycles. The first-order chi connectivity index (χ1) is 22.6. The number of nitrogens with zero attached hydrogens (tertiary/aromatic N) is 6. The summed E-state index contributed by atoms with van der Waals surface area (Å²) >= 11 is 0. The fraction of sp³-hybridized carbons (Fsp3) is 0.441. The lowest BCUT2D eigenvalue weighted by molar-refractivity contribution is -0.146. The van der Waals surface area contributed by atoms with Crippen LogP contribution in [0.4, 0.5) is 0 Å².